The average Bonchev–Trinajstić information content (AvgIpc) is 2.63. The minimum Gasteiger partial charge on any atom is -0.378 e. The zero-order valence-electron chi connectivity index (χ0n) is 14.2. The molecule has 0 saturated carbocycles. The Hall–Kier alpha value is -2.53. The van der Waals surface area contributed by atoms with Crippen LogP contribution in [-0.2, 0) is 4.74 Å². The number of amides is 1. The van der Waals surface area contributed by atoms with E-state index in [0.29, 0.717) is 18.8 Å². The molecule has 1 heterocycles. The predicted molar refractivity (Wildman–Crippen MR) is 98.2 cm³/mol. The highest BCUT2D eigenvalue weighted by Gasteiger charge is 2.16. The molecule has 0 aliphatic carbocycles. The summed E-state index contributed by atoms with van der Waals surface area (Å²) >= 11 is 0. The topological polar surface area (TPSA) is 44.8 Å². The van der Waals surface area contributed by atoms with Crippen LogP contribution in [0.2, 0.25) is 0 Å². The van der Waals surface area contributed by atoms with Crippen molar-refractivity contribution in [1.82, 2.24) is 0 Å². The first-order valence-corrected chi connectivity index (χ1v) is 8.15. The molecule has 5 nitrogen and oxygen atoms in total. The van der Waals surface area contributed by atoms with Gasteiger partial charge in [-0.3, -0.25) is 4.79 Å². The largest absolute Gasteiger partial charge is 0.378 e. The van der Waals surface area contributed by atoms with Crippen molar-refractivity contribution in [2.24, 2.45) is 0 Å². The lowest BCUT2D eigenvalue weighted by atomic mass is 10.1. The summed E-state index contributed by atoms with van der Waals surface area (Å²) in [5, 5.41) is 3.04. The lowest BCUT2D eigenvalue weighted by Gasteiger charge is -2.30. The summed E-state index contributed by atoms with van der Waals surface area (Å²) in [7, 11) is 3.96. The molecule has 5 heteroatoms. The molecule has 2 aromatic rings. The number of anilines is 3. The molecule has 1 amide bonds. The summed E-state index contributed by atoms with van der Waals surface area (Å²) < 4.78 is 5.41. The van der Waals surface area contributed by atoms with Crippen molar-refractivity contribution in [3.05, 3.63) is 54.1 Å². The minimum absolute atomic E-state index is 0.0963. The monoisotopic (exact) mass is 325 g/mol. The first-order chi connectivity index (χ1) is 11.6. The van der Waals surface area contributed by atoms with Gasteiger partial charge in [0.15, 0.2) is 0 Å². The number of benzene rings is 2. The second-order valence-electron chi connectivity index (χ2n) is 6.01. The second-order valence-corrected chi connectivity index (χ2v) is 6.01. The van der Waals surface area contributed by atoms with Crippen molar-refractivity contribution in [2.75, 3.05) is 55.5 Å². The predicted octanol–water partition coefficient (Wildman–Crippen LogP) is 2.84. The molecule has 0 spiro atoms. The zero-order valence-corrected chi connectivity index (χ0v) is 14.2. The number of morpholine rings is 1. The Balaban J connectivity index is 1.76. The Morgan fingerprint density at radius 2 is 1.71 bits per heavy atom. The molecular formula is C19H23N3O2. The van der Waals surface area contributed by atoms with Gasteiger partial charge in [-0.25, -0.2) is 0 Å². The highest BCUT2D eigenvalue weighted by Crippen LogP contribution is 2.27. The summed E-state index contributed by atoms with van der Waals surface area (Å²) in [4.78, 5) is 16.8. The molecule has 126 valence electrons. The molecule has 3 rings (SSSR count). The molecule has 0 aromatic heterocycles. The quantitative estimate of drug-likeness (QED) is 0.939. The molecule has 2 aromatic carbocycles. The number of carbonyl (C=O) groups excluding carboxylic acids is 1. The number of nitrogens with one attached hydrogen (secondary N) is 1. The van der Waals surface area contributed by atoms with Crippen molar-refractivity contribution >= 4 is 23.0 Å². The van der Waals surface area contributed by atoms with Gasteiger partial charge in [-0.1, -0.05) is 12.1 Å². The highest BCUT2D eigenvalue weighted by molar-refractivity contribution is 6.06. The van der Waals surface area contributed by atoms with Gasteiger partial charge in [-0.15, -0.1) is 0 Å². The Morgan fingerprint density at radius 1 is 1.04 bits per heavy atom. The Labute approximate surface area is 142 Å². The minimum atomic E-state index is -0.0963. The normalized spacial score (nSPS) is 14.3. The van der Waals surface area contributed by atoms with Crippen molar-refractivity contribution in [3.8, 4) is 0 Å². The van der Waals surface area contributed by atoms with Crippen molar-refractivity contribution in [1.29, 1.82) is 0 Å². The van der Waals surface area contributed by atoms with Crippen LogP contribution < -0.4 is 15.1 Å². The van der Waals surface area contributed by atoms with E-state index in [9.17, 15) is 4.79 Å². The summed E-state index contributed by atoms with van der Waals surface area (Å²) in [5.41, 5.74) is 3.60. The standard InChI is InChI=1S/C19H23N3O2/c1-21(2)16-9-7-15(8-10-16)19(23)20-17-5-3-4-6-18(17)22-11-13-24-14-12-22/h3-10H,11-14H2,1-2H3,(H,20,23). The lowest BCUT2D eigenvalue weighted by Crippen LogP contribution is -2.36. The van der Waals surface area contributed by atoms with Gasteiger partial charge in [0, 0.05) is 38.4 Å². The summed E-state index contributed by atoms with van der Waals surface area (Å²) in [6.45, 7) is 3.11. The van der Waals surface area contributed by atoms with Gasteiger partial charge < -0.3 is 19.9 Å². The van der Waals surface area contributed by atoms with E-state index in [-0.39, 0.29) is 5.91 Å². The van der Waals surface area contributed by atoms with E-state index < -0.39 is 0 Å². The molecule has 1 aliphatic rings. The average molecular weight is 325 g/mol. The summed E-state index contributed by atoms with van der Waals surface area (Å²) in [6.07, 6.45) is 0. The fourth-order valence-electron chi connectivity index (χ4n) is 2.76. The van der Waals surface area contributed by atoms with E-state index in [2.05, 4.69) is 10.2 Å². The molecular weight excluding hydrogens is 302 g/mol. The molecule has 0 unspecified atom stereocenters. The first kappa shape index (κ1) is 16.3. The first-order valence-electron chi connectivity index (χ1n) is 8.15. The fraction of sp³-hybridized carbons (Fsp3) is 0.316. The van der Waals surface area contributed by atoms with Crippen LogP contribution in [0.15, 0.2) is 48.5 Å². The van der Waals surface area contributed by atoms with Crippen molar-refractivity contribution < 1.29 is 9.53 Å². The second kappa shape index (κ2) is 7.36. The van der Waals surface area contributed by atoms with E-state index in [0.717, 1.165) is 30.2 Å². The smallest absolute Gasteiger partial charge is 0.255 e. The van der Waals surface area contributed by atoms with Crippen LogP contribution in [0.25, 0.3) is 0 Å². The van der Waals surface area contributed by atoms with Crippen LogP contribution in [0.5, 0.6) is 0 Å². The number of hydrogen-bond donors (Lipinski definition) is 1. The van der Waals surface area contributed by atoms with E-state index in [1.165, 1.54) is 0 Å². The maximum atomic E-state index is 12.6. The molecule has 1 N–H and O–H groups in total. The van der Waals surface area contributed by atoms with Gasteiger partial charge in [-0.05, 0) is 36.4 Å². The highest BCUT2D eigenvalue weighted by atomic mass is 16.5. The number of carbonyl (C=O) groups is 1. The van der Waals surface area contributed by atoms with Crippen LogP contribution >= 0.6 is 0 Å². The number of hydrogen-bond acceptors (Lipinski definition) is 4. The molecule has 1 fully saturated rings. The third-order valence-electron chi connectivity index (χ3n) is 4.15. The van der Waals surface area contributed by atoms with Crippen LogP contribution in [0.4, 0.5) is 17.1 Å². The number of nitrogens with zero attached hydrogens (tertiary/aromatic N) is 2. The third kappa shape index (κ3) is 3.68. The van der Waals surface area contributed by atoms with Gasteiger partial charge in [0.25, 0.3) is 5.91 Å². The maximum absolute atomic E-state index is 12.6. The van der Waals surface area contributed by atoms with Crippen LogP contribution in [-0.4, -0.2) is 46.3 Å². The van der Waals surface area contributed by atoms with Gasteiger partial charge in [0.2, 0.25) is 0 Å². The van der Waals surface area contributed by atoms with E-state index >= 15 is 0 Å². The number of ether oxygens (including phenoxy) is 1. The van der Waals surface area contributed by atoms with E-state index in [4.69, 9.17) is 4.74 Å². The molecule has 1 saturated heterocycles. The Bertz CT molecular complexity index is 692. The van der Waals surface area contributed by atoms with Gasteiger partial charge in [0.05, 0.1) is 24.6 Å². The van der Waals surface area contributed by atoms with Crippen molar-refractivity contribution in [3.63, 3.8) is 0 Å². The van der Waals surface area contributed by atoms with Crippen molar-refractivity contribution in [2.45, 2.75) is 0 Å². The van der Waals surface area contributed by atoms with Gasteiger partial charge in [-0.2, -0.15) is 0 Å². The third-order valence-corrected chi connectivity index (χ3v) is 4.15. The van der Waals surface area contributed by atoms with Gasteiger partial charge >= 0.3 is 0 Å². The molecule has 0 bridgehead atoms. The molecule has 1 aliphatic heterocycles. The maximum Gasteiger partial charge on any atom is 0.255 e. The fourth-order valence-corrected chi connectivity index (χ4v) is 2.76. The van der Waals surface area contributed by atoms with Gasteiger partial charge in [0.1, 0.15) is 0 Å². The molecule has 0 atom stereocenters. The molecule has 0 radical (unpaired) electrons. The zero-order chi connectivity index (χ0) is 16.9. The number of rotatable bonds is 4. The summed E-state index contributed by atoms with van der Waals surface area (Å²) in [5.74, 6) is -0.0963. The van der Waals surface area contributed by atoms with Crippen LogP contribution in [0.1, 0.15) is 10.4 Å². The number of para-hydroxylation sites is 2. The van der Waals surface area contributed by atoms with Crippen LogP contribution in [0.3, 0.4) is 0 Å². The summed E-state index contributed by atoms with van der Waals surface area (Å²) in [6, 6.07) is 15.5. The van der Waals surface area contributed by atoms with Crippen LogP contribution in [0, 0.1) is 0 Å². The Morgan fingerprint density at radius 3 is 2.38 bits per heavy atom. The van der Waals surface area contributed by atoms with E-state index in [1.807, 2.05) is 67.5 Å². The van der Waals surface area contributed by atoms with E-state index in [1.54, 1.807) is 0 Å². The molecule has 24 heavy (non-hydrogen) atoms. The lowest BCUT2D eigenvalue weighted by molar-refractivity contribution is 0.102. The Kier molecular flexibility index (Phi) is 5.01. The SMILES string of the molecule is CN(C)c1ccc(C(=O)Nc2ccccc2N2CCOCC2)cc1.